The summed E-state index contributed by atoms with van der Waals surface area (Å²) in [5, 5.41) is 7.34. The van der Waals surface area contributed by atoms with Crippen LogP contribution >= 0.6 is 12.2 Å². The summed E-state index contributed by atoms with van der Waals surface area (Å²) in [6.07, 6.45) is 7.71. The molecule has 1 aromatic rings. The number of anilines is 1. The maximum atomic E-state index is 5.39. The van der Waals surface area contributed by atoms with Gasteiger partial charge in [-0.15, -0.1) is 0 Å². The number of ether oxygens (including phenoxy) is 2. The average molecular weight is 292 g/mol. The molecule has 1 heterocycles. The molecule has 0 saturated heterocycles. The average Bonchev–Trinajstić information content (AvgIpc) is 2.75. The molecule has 5 heteroatoms. The van der Waals surface area contributed by atoms with Crippen LogP contribution < -0.4 is 20.1 Å². The van der Waals surface area contributed by atoms with E-state index in [2.05, 4.69) is 10.6 Å². The molecule has 1 saturated carbocycles. The fourth-order valence-corrected chi connectivity index (χ4v) is 3.04. The lowest BCUT2D eigenvalue weighted by molar-refractivity contribution is 0.174. The summed E-state index contributed by atoms with van der Waals surface area (Å²) in [5.74, 6) is 1.56. The van der Waals surface area contributed by atoms with Crippen molar-refractivity contribution in [3.63, 3.8) is 0 Å². The van der Waals surface area contributed by atoms with Gasteiger partial charge in [-0.05, 0) is 37.2 Å². The summed E-state index contributed by atoms with van der Waals surface area (Å²) in [7, 11) is 0. The van der Waals surface area contributed by atoms with Crippen LogP contribution in [0.4, 0.5) is 5.69 Å². The minimum absolute atomic E-state index is 0.295. The van der Waals surface area contributed by atoms with Crippen molar-refractivity contribution >= 4 is 23.0 Å². The highest BCUT2D eigenvalue weighted by Gasteiger charge is 2.15. The number of thiocarbonyl (C=S) groups is 1. The van der Waals surface area contributed by atoms with Gasteiger partial charge in [-0.2, -0.15) is 0 Å². The lowest BCUT2D eigenvalue weighted by Gasteiger charge is -2.19. The predicted molar refractivity (Wildman–Crippen MR) is 83.4 cm³/mol. The van der Waals surface area contributed by atoms with Crippen molar-refractivity contribution in [2.45, 2.75) is 44.6 Å². The summed E-state index contributed by atoms with van der Waals surface area (Å²) >= 11 is 5.39. The highest BCUT2D eigenvalue weighted by atomic mass is 32.1. The first-order valence-corrected chi connectivity index (χ1v) is 7.69. The van der Waals surface area contributed by atoms with Gasteiger partial charge in [-0.25, -0.2) is 0 Å². The van der Waals surface area contributed by atoms with Crippen LogP contribution in [0.3, 0.4) is 0 Å². The molecule has 0 amide bonds. The standard InChI is InChI=1S/C15H20N2O2S/c20-15(16-11-5-3-1-2-4-6-11)17-12-7-8-13-14(9-12)19-10-18-13/h7-9,11H,1-6,10H2,(H2,16,17,20). The molecule has 0 bridgehead atoms. The maximum Gasteiger partial charge on any atom is 0.231 e. The number of benzene rings is 1. The highest BCUT2D eigenvalue weighted by Crippen LogP contribution is 2.34. The Morgan fingerprint density at radius 2 is 1.80 bits per heavy atom. The molecular formula is C15H20N2O2S. The van der Waals surface area contributed by atoms with Gasteiger partial charge in [0, 0.05) is 17.8 Å². The molecule has 0 unspecified atom stereocenters. The Kier molecular flexibility index (Phi) is 4.25. The fraction of sp³-hybridized carbons (Fsp3) is 0.533. The minimum atomic E-state index is 0.295. The van der Waals surface area contributed by atoms with Crippen LogP contribution in [0.2, 0.25) is 0 Å². The molecule has 0 spiro atoms. The van der Waals surface area contributed by atoms with E-state index in [1.807, 2.05) is 18.2 Å². The van der Waals surface area contributed by atoms with Crippen LogP contribution in [0.5, 0.6) is 11.5 Å². The Hall–Kier alpha value is -1.49. The smallest absolute Gasteiger partial charge is 0.231 e. The molecule has 4 nitrogen and oxygen atoms in total. The van der Waals surface area contributed by atoms with E-state index in [4.69, 9.17) is 21.7 Å². The fourth-order valence-electron chi connectivity index (χ4n) is 2.75. The molecular weight excluding hydrogens is 272 g/mol. The highest BCUT2D eigenvalue weighted by molar-refractivity contribution is 7.80. The van der Waals surface area contributed by atoms with Gasteiger partial charge in [0.25, 0.3) is 0 Å². The summed E-state index contributed by atoms with van der Waals surface area (Å²) in [6.45, 7) is 0.295. The van der Waals surface area contributed by atoms with Crippen LogP contribution in [-0.2, 0) is 0 Å². The zero-order chi connectivity index (χ0) is 13.8. The number of rotatable bonds is 2. The summed E-state index contributed by atoms with van der Waals surface area (Å²) in [6, 6.07) is 6.28. The second-order valence-electron chi connectivity index (χ2n) is 5.35. The van der Waals surface area contributed by atoms with Crippen molar-refractivity contribution < 1.29 is 9.47 Å². The maximum absolute atomic E-state index is 5.39. The number of hydrogen-bond donors (Lipinski definition) is 2. The zero-order valence-electron chi connectivity index (χ0n) is 11.5. The first-order valence-electron chi connectivity index (χ1n) is 7.28. The van der Waals surface area contributed by atoms with Gasteiger partial charge in [-0.3, -0.25) is 0 Å². The van der Waals surface area contributed by atoms with Gasteiger partial charge >= 0.3 is 0 Å². The van der Waals surface area contributed by atoms with E-state index in [1.165, 1.54) is 38.5 Å². The third-order valence-electron chi connectivity index (χ3n) is 3.82. The SMILES string of the molecule is S=C(Nc1ccc2c(c1)OCO2)NC1CCCCCC1. The van der Waals surface area contributed by atoms with E-state index in [0.717, 1.165) is 17.2 Å². The van der Waals surface area contributed by atoms with E-state index >= 15 is 0 Å². The molecule has 108 valence electrons. The van der Waals surface area contributed by atoms with Gasteiger partial charge in [-0.1, -0.05) is 25.7 Å². The Labute approximate surface area is 124 Å². The van der Waals surface area contributed by atoms with Crippen molar-refractivity contribution in [3.8, 4) is 11.5 Å². The van der Waals surface area contributed by atoms with Crippen LogP contribution in [0, 0.1) is 0 Å². The zero-order valence-corrected chi connectivity index (χ0v) is 12.3. The normalized spacial score (nSPS) is 18.4. The number of fused-ring (bicyclic) bond motifs is 1. The predicted octanol–water partition coefficient (Wildman–Crippen LogP) is 3.42. The van der Waals surface area contributed by atoms with E-state index in [1.54, 1.807) is 0 Å². The van der Waals surface area contributed by atoms with Crippen LogP contribution in [0.25, 0.3) is 0 Å². The molecule has 0 radical (unpaired) electrons. The molecule has 0 aromatic heterocycles. The Morgan fingerprint density at radius 3 is 2.60 bits per heavy atom. The van der Waals surface area contributed by atoms with Gasteiger partial charge < -0.3 is 20.1 Å². The molecule has 20 heavy (non-hydrogen) atoms. The minimum Gasteiger partial charge on any atom is -0.454 e. The lowest BCUT2D eigenvalue weighted by atomic mass is 10.1. The van der Waals surface area contributed by atoms with Crippen LogP contribution in [0.1, 0.15) is 38.5 Å². The van der Waals surface area contributed by atoms with Crippen molar-refractivity contribution in [1.82, 2.24) is 5.32 Å². The van der Waals surface area contributed by atoms with Crippen LogP contribution in [-0.4, -0.2) is 17.9 Å². The Balaban J connectivity index is 1.55. The van der Waals surface area contributed by atoms with E-state index in [-0.39, 0.29) is 0 Å². The number of nitrogens with one attached hydrogen (secondary N) is 2. The van der Waals surface area contributed by atoms with Crippen molar-refractivity contribution in [3.05, 3.63) is 18.2 Å². The molecule has 0 atom stereocenters. The summed E-state index contributed by atoms with van der Waals surface area (Å²) < 4.78 is 10.7. The van der Waals surface area contributed by atoms with Crippen molar-refractivity contribution in [2.24, 2.45) is 0 Å². The molecule has 1 aliphatic carbocycles. The van der Waals surface area contributed by atoms with Gasteiger partial charge in [0.1, 0.15) is 0 Å². The third-order valence-corrected chi connectivity index (χ3v) is 4.04. The Morgan fingerprint density at radius 1 is 1.05 bits per heavy atom. The van der Waals surface area contributed by atoms with Crippen LogP contribution in [0.15, 0.2) is 18.2 Å². The Bertz CT molecular complexity index is 485. The van der Waals surface area contributed by atoms with Crippen molar-refractivity contribution in [1.29, 1.82) is 0 Å². The second-order valence-corrected chi connectivity index (χ2v) is 5.76. The first-order chi connectivity index (χ1) is 9.81. The molecule has 2 aliphatic rings. The molecule has 3 rings (SSSR count). The van der Waals surface area contributed by atoms with Gasteiger partial charge in [0.2, 0.25) is 6.79 Å². The van der Waals surface area contributed by atoms with E-state index < -0.39 is 0 Å². The first kappa shape index (κ1) is 13.5. The third kappa shape index (κ3) is 3.33. The van der Waals surface area contributed by atoms with Gasteiger partial charge in [0.05, 0.1) is 0 Å². The molecule has 1 fully saturated rings. The van der Waals surface area contributed by atoms with E-state index in [9.17, 15) is 0 Å². The summed E-state index contributed by atoms with van der Waals surface area (Å²) in [5.41, 5.74) is 0.931. The molecule has 2 N–H and O–H groups in total. The lowest BCUT2D eigenvalue weighted by Crippen LogP contribution is -2.37. The molecule has 1 aromatic carbocycles. The van der Waals surface area contributed by atoms with E-state index in [0.29, 0.717) is 17.9 Å². The molecule has 1 aliphatic heterocycles. The van der Waals surface area contributed by atoms with Crippen molar-refractivity contribution in [2.75, 3.05) is 12.1 Å². The topological polar surface area (TPSA) is 42.5 Å². The quantitative estimate of drug-likeness (QED) is 0.646. The second kappa shape index (κ2) is 6.31. The summed E-state index contributed by atoms with van der Waals surface area (Å²) in [4.78, 5) is 0. The van der Waals surface area contributed by atoms with Gasteiger partial charge in [0.15, 0.2) is 16.6 Å². The monoisotopic (exact) mass is 292 g/mol. The number of hydrogen-bond acceptors (Lipinski definition) is 3. The largest absolute Gasteiger partial charge is 0.454 e.